The molecule has 1 aliphatic heterocycles. The molecule has 10 heteroatoms. The number of nitrogens with zero attached hydrogens (tertiary/aromatic N) is 5. The number of likely N-dealkylation sites (tertiary alicyclic amines) is 1. The number of thiazole rings is 1. The van der Waals surface area contributed by atoms with Crippen molar-refractivity contribution in [3.05, 3.63) is 59.9 Å². The molecule has 0 saturated carbocycles. The third-order valence-electron chi connectivity index (χ3n) is 6.22. The van der Waals surface area contributed by atoms with Crippen LogP contribution in [0.3, 0.4) is 0 Å². The number of aryl methyl sites for hydroxylation is 2. The lowest BCUT2D eigenvalue weighted by molar-refractivity contribution is -0.120. The number of amides is 2. The van der Waals surface area contributed by atoms with Crippen LogP contribution in [-0.4, -0.2) is 55.9 Å². The van der Waals surface area contributed by atoms with Gasteiger partial charge in [-0.1, -0.05) is 26.8 Å². The number of pyridine rings is 2. The maximum atomic E-state index is 13.2. The molecule has 4 aromatic heterocycles. The van der Waals surface area contributed by atoms with Crippen molar-refractivity contribution in [3.63, 3.8) is 0 Å². The summed E-state index contributed by atoms with van der Waals surface area (Å²) in [7, 11) is 0. The van der Waals surface area contributed by atoms with Gasteiger partial charge in [0.1, 0.15) is 4.83 Å². The van der Waals surface area contributed by atoms with Gasteiger partial charge in [-0.2, -0.15) is 5.10 Å². The predicted octanol–water partition coefficient (Wildman–Crippen LogP) is 4.26. The molecule has 9 nitrogen and oxygen atoms in total. The van der Waals surface area contributed by atoms with E-state index in [-0.39, 0.29) is 17.2 Å². The van der Waals surface area contributed by atoms with E-state index in [1.165, 1.54) is 11.3 Å². The number of aromatic nitrogens is 4. The Morgan fingerprint density at radius 1 is 1.17 bits per heavy atom. The smallest absolute Gasteiger partial charge is 0.260 e. The minimum absolute atomic E-state index is 0.0975. The van der Waals surface area contributed by atoms with Gasteiger partial charge in [0.25, 0.3) is 5.91 Å². The van der Waals surface area contributed by atoms with Crippen molar-refractivity contribution in [2.75, 3.05) is 30.3 Å². The van der Waals surface area contributed by atoms with Gasteiger partial charge >= 0.3 is 0 Å². The molecule has 0 aliphatic carbocycles. The van der Waals surface area contributed by atoms with E-state index in [1.54, 1.807) is 29.2 Å². The number of hydrogen-bond donors (Lipinski definition) is 2. The molecule has 5 heterocycles. The fourth-order valence-electron chi connectivity index (χ4n) is 4.61. The van der Waals surface area contributed by atoms with Gasteiger partial charge in [0.2, 0.25) is 5.91 Å². The molecule has 0 atom stereocenters. The molecule has 0 aromatic carbocycles. The molecule has 5 rings (SSSR count). The first-order valence-electron chi connectivity index (χ1n) is 11.9. The molecule has 4 aromatic rings. The zero-order valence-corrected chi connectivity index (χ0v) is 21.6. The van der Waals surface area contributed by atoms with E-state index in [4.69, 9.17) is 0 Å². The Morgan fingerprint density at radius 2 is 1.97 bits per heavy atom. The fraction of sp³-hybridized carbons (Fsp3) is 0.346. The Bertz CT molecular complexity index is 1450. The fourth-order valence-corrected chi connectivity index (χ4v) is 5.71. The van der Waals surface area contributed by atoms with Gasteiger partial charge in [0.15, 0.2) is 0 Å². The SMILES string of the molecule is CCc1ncccc1-c1cn2ncc(C(=O)Nc3cc(NC(=O)CN4CC(C)(C)C4)cnc3C)c2s1. The van der Waals surface area contributed by atoms with E-state index in [2.05, 4.69) is 51.4 Å². The van der Waals surface area contributed by atoms with Gasteiger partial charge in [0.05, 0.1) is 46.4 Å². The number of hydrogen-bond acceptors (Lipinski definition) is 7. The van der Waals surface area contributed by atoms with Gasteiger partial charge in [-0.05, 0) is 30.9 Å². The van der Waals surface area contributed by atoms with Crippen LogP contribution in [0, 0.1) is 12.3 Å². The lowest BCUT2D eigenvalue weighted by atomic mass is 9.84. The first kappa shape index (κ1) is 24.1. The standard InChI is InChI=1S/C26H29N7O2S/c1-5-20-18(7-6-8-27-20)22-12-33-25(36-22)19(11-29-33)24(35)31-21-9-17(10-28-16(21)2)30-23(34)13-32-14-26(3,4)15-32/h6-12H,5,13-15H2,1-4H3,(H,30,34)(H,31,35). The van der Waals surface area contributed by atoms with Crippen LogP contribution >= 0.6 is 11.3 Å². The average Bonchev–Trinajstić information content (AvgIpc) is 3.41. The molecular weight excluding hydrogens is 474 g/mol. The van der Waals surface area contributed by atoms with Crippen molar-refractivity contribution in [2.24, 2.45) is 5.41 Å². The Morgan fingerprint density at radius 3 is 2.72 bits per heavy atom. The molecule has 0 spiro atoms. The van der Waals surface area contributed by atoms with E-state index in [1.807, 2.05) is 25.3 Å². The number of fused-ring (bicyclic) bond motifs is 1. The summed E-state index contributed by atoms with van der Waals surface area (Å²) in [6.07, 6.45) is 7.70. The van der Waals surface area contributed by atoms with Crippen LogP contribution in [0.15, 0.2) is 43.0 Å². The lowest BCUT2D eigenvalue weighted by Crippen LogP contribution is -2.54. The lowest BCUT2D eigenvalue weighted by Gasteiger charge is -2.45. The highest BCUT2D eigenvalue weighted by Gasteiger charge is 2.34. The van der Waals surface area contributed by atoms with E-state index >= 15 is 0 Å². The second-order valence-corrected chi connectivity index (χ2v) is 11.0. The molecule has 36 heavy (non-hydrogen) atoms. The topological polar surface area (TPSA) is 105 Å². The van der Waals surface area contributed by atoms with Crippen molar-refractivity contribution < 1.29 is 9.59 Å². The summed E-state index contributed by atoms with van der Waals surface area (Å²) in [5.41, 5.74) is 4.54. The summed E-state index contributed by atoms with van der Waals surface area (Å²) < 4.78 is 1.72. The number of carbonyl (C=O) groups is 2. The van der Waals surface area contributed by atoms with E-state index in [9.17, 15) is 9.59 Å². The Hall–Kier alpha value is -3.63. The molecule has 1 aliphatic rings. The molecular formula is C26H29N7O2S. The highest BCUT2D eigenvalue weighted by molar-refractivity contribution is 7.21. The number of anilines is 2. The second kappa shape index (κ2) is 9.44. The van der Waals surface area contributed by atoms with Crippen LogP contribution < -0.4 is 10.6 Å². The maximum absolute atomic E-state index is 13.2. The van der Waals surface area contributed by atoms with Crippen molar-refractivity contribution in [3.8, 4) is 10.4 Å². The third-order valence-corrected chi connectivity index (χ3v) is 7.37. The van der Waals surface area contributed by atoms with Crippen LogP contribution in [0.25, 0.3) is 15.3 Å². The molecule has 2 amide bonds. The van der Waals surface area contributed by atoms with Gasteiger partial charge in [0, 0.05) is 36.7 Å². The monoisotopic (exact) mass is 503 g/mol. The number of rotatable bonds is 7. The Kier molecular flexibility index (Phi) is 6.31. The molecule has 1 fully saturated rings. The molecule has 186 valence electrons. The van der Waals surface area contributed by atoms with Gasteiger partial charge < -0.3 is 10.6 Å². The highest BCUT2D eigenvalue weighted by Crippen LogP contribution is 2.33. The summed E-state index contributed by atoms with van der Waals surface area (Å²) in [5, 5.41) is 10.2. The molecule has 2 N–H and O–H groups in total. The summed E-state index contributed by atoms with van der Waals surface area (Å²) in [5.74, 6) is -0.378. The first-order valence-corrected chi connectivity index (χ1v) is 12.8. The van der Waals surface area contributed by atoms with Gasteiger partial charge in [-0.25, -0.2) is 4.52 Å². The van der Waals surface area contributed by atoms with E-state index in [0.717, 1.165) is 40.5 Å². The predicted molar refractivity (Wildman–Crippen MR) is 141 cm³/mol. The van der Waals surface area contributed by atoms with Crippen molar-refractivity contribution in [1.82, 2.24) is 24.5 Å². The molecule has 0 bridgehead atoms. The minimum atomic E-state index is -0.281. The van der Waals surface area contributed by atoms with E-state index < -0.39 is 0 Å². The normalized spacial score (nSPS) is 15.0. The van der Waals surface area contributed by atoms with Crippen LogP contribution in [0.2, 0.25) is 0 Å². The average molecular weight is 504 g/mol. The maximum Gasteiger partial charge on any atom is 0.260 e. The summed E-state index contributed by atoms with van der Waals surface area (Å²) in [6, 6.07) is 5.69. The molecule has 0 unspecified atom stereocenters. The van der Waals surface area contributed by atoms with Crippen LogP contribution in [0.5, 0.6) is 0 Å². The summed E-state index contributed by atoms with van der Waals surface area (Å²) in [6.45, 7) is 10.4. The van der Waals surface area contributed by atoms with Crippen LogP contribution in [-0.2, 0) is 11.2 Å². The van der Waals surface area contributed by atoms with Gasteiger partial charge in [-0.3, -0.25) is 24.5 Å². The highest BCUT2D eigenvalue weighted by atomic mass is 32.1. The second-order valence-electron chi connectivity index (χ2n) is 9.92. The van der Waals surface area contributed by atoms with Gasteiger partial charge in [-0.15, -0.1) is 11.3 Å². The third kappa shape index (κ3) is 4.87. The minimum Gasteiger partial charge on any atom is -0.324 e. The zero-order chi connectivity index (χ0) is 25.4. The molecule has 0 radical (unpaired) electrons. The molecule has 1 saturated heterocycles. The van der Waals surface area contributed by atoms with E-state index in [0.29, 0.717) is 29.2 Å². The Balaban J connectivity index is 1.31. The number of nitrogens with one attached hydrogen (secondary N) is 2. The van der Waals surface area contributed by atoms with Crippen LogP contribution in [0.4, 0.5) is 11.4 Å². The first-order chi connectivity index (χ1) is 17.2. The van der Waals surface area contributed by atoms with Crippen LogP contribution in [0.1, 0.15) is 42.5 Å². The van der Waals surface area contributed by atoms with Crippen molar-refractivity contribution in [1.29, 1.82) is 0 Å². The Labute approximate surface area is 213 Å². The van der Waals surface area contributed by atoms with Crippen molar-refractivity contribution in [2.45, 2.75) is 34.1 Å². The van der Waals surface area contributed by atoms with Crippen molar-refractivity contribution >= 4 is 39.4 Å². The summed E-state index contributed by atoms with van der Waals surface area (Å²) >= 11 is 1.50. The number of carbonyl (C=O) groups excluding carboxylic acids is 2. The largest absolute Gasteiger partial charge is 0.324 e. The quantitative estimate of drug-likeness (QED) is 0.391. The summed E-state index contributed by atoms with van der Waals surface area (Å²) in [4.78, 5) is 38.4. The zero-order valence-electron chi connectivity index (χ0n) is 20.8.